The number of carbonyl (C=O) groups excluding carboxylic acids is 8. The summed E-state index contributed by atoms with van der Waals surface area (Å²) in [5.74, 6) is -4.13. The average molecular weight is 1520 g/mol. The van der Waals surface area contributed by atoms with Gasteiger partial charge in [0.15, 0.2) is 0 Å². The van der Waals surface area contributed by atoms with Gasteiger partial charge >= 0.3 is 17.9 Å². The van der Waals surface area contributed by atoms with E-state index >= 15 is 0 Å². The number of carboxylic acid groups (broad SMARTS) is 1. The van der Waals surface area contributed by atoms with Gasteiger partial charge in [-0.2, -0.15) is 11.0 Å². The molecule has 0 saturated heterocycles. The van der Waals surface area contributed by atoms with E-state index in [1.165, 1.54) is 32.1 Å². The number of benzene rings is 4. The van der Waals surface area contributed by atoms with E-state index in [1.54, 1.807) is 21.2 Å². The van der Waals surface area contributed by atoms with Gasteiger partial charge in [0.1, 0.15) is 25.9 Å². The van der Waals surface area contributed by atoms with Gasteiger partial charge in [0.25, 0.3) is 11.8 Å². The second-order valence-electron chi connectivity index (χ2n) is 25.3. The third-order valence-corrected chi connectivity index (χ3v) is 16.0. The maximum absolute atomic E-state index is 13.4. The van der Waals surface area contributed by atoms with E-state index in [1.807, 2.05) is 74.5 Å². The van der Waals surface area contributed by atoms with Crippen molar-refractivity contribution >= 4 is 53.4 Å². The topological polar surface area (TPSA) is 364 Å². The van der Waals surface area contributed by atoms with Crippen LogP contribution in [0.2, 0.25) is 0 Å². The summed E-state index contributed by atoms with van der Waals surface area (Å²) in [5.41, 5.74) is 22.6. The van der Waals surface area contributed by atoms with E-state index in [0.29, 0.717) is 111 Å². The van der Waals surface area contributed by atoms with Gasteiger partial charge in [0.2, 0.25) is 23.6 Å². The highest BCUT2D eigenvalue weighted by molar-refractivity contribution is 5.88. The number of hydrogen-bond donors (Lipinski definition) is 7. The fraction of sp³-hybridized carbons (Fsp3) is 0.588. The van der Waals surface area contributed by atoms with Crippen LogP contribution in [-0.2, 0) is 125 Å². The number of nitrogens with one attached hydrogen (secondary N) is 4. The molecular formula is C80H125FN8O19. The molecule has 9 N–H and O–H groups in total. The molecule has 2 atom stereocenters. The molecule has 0 fully saturated rings. The number of likely N-dealkylation sites (N-methyl/N-ethyl adjacent to an activating group) is 2. The van der Waals surface area contributed by atoms with Crippen molar-refractivity contribution in [2.75, 3.05) is 140 Å². The van der Waals surface area contributed by atoms with E-state index in [0.717, 1.165) is 88.2 Å². The molecule has 28 heteroatoms. The van der Waals surface area contributed by atoms with Crippen LogP contribution in [0.3, 0.4) is 0 Å². The van der Waals surface area contributed by atoms with Crippen molar-refractivity contribution in [2.45, 2.75) is 167 Å². The van der Waals surface area contributed by atoms with Gasteiger partial charge in [-0.25, -0.2) is 14.4 Å². The van der Waals surface area contributed by atoms with Crippen molar-refractivity contribution in [2.24, 2.45) is 11.5 Å². The Balaban J connectivity index is 0.000000968. The normalized spacial score (nSPS) is 11.3. The van der Waals surface area contributed by atoms with Gasteiger partial charge in [0, 0.05) is 66.9 Å². The van der Waals surface area contributed by atoms with E-state index in [4.69, 9.17) is 60.8 Å². The average Bonchev–Trinajstić information content (AvgIpc) is 0.903. The molecule has 4 aromatic carbocycles. The summed E-state index contributed by atoms with van der Waals surface area (Å²) in [4.78, 5) is 122. The van der Waals surface area contributed by atoms with Crippen LogP contribution in [0.5, 0.6) is 0 Å². The van der Waals surface area contributed by atoms with E-state index in [-0.39, 0.29) is 88.7 Å². The van der Waals surface area contributed by atoms with Crippen molar-refractivity contribution in [1.29, 1.82) is 0 Å². The number of nitrogens with two attached hydrogens (primary N) is 2. The molecular weight excluding hydrogens is 1400 g/mol. The zero-order valence-corrected chi connectivity index (χ0v) is 64.6. The number of unbranched alkanes of at least 4 members (excludes halogenated alkanes) is 4. The van der Waals surface area contributed by atoms with Gasteiger partial charge in [-0.3, -0.25) is 33.2 Å². The van der Waals surface area contributed by atoms with Crippen molar-refractivity contribution in [1.82, 2.24) is 31.4 Å². The molecule has 0 aliphatic rings. The summed E-state index contributed by atoms with van der Waals surface area (Å²) in [6.45, 7) is 9.43. The zero-order valence-electron chi connectivity index (χ0n) is 65.6. The van der Waals surface area contributed by atoms with Gasteiger partial charge < -0.3 is 79.8 Å². The second-order valence-corrected chi connectivity index (χ2v) is 25.3. The third kappa shape index (κ3) is 54.3. The minimum Gasteiger partial charge on any atom is -0.480 e. The maximum Gasteiger partial charge on any atom is 0.332 e. The lowest BCUT2D eigenvalue weighted by molar-refractivity contribution is -0.158. The number of hydrogen-bond acceptors (Lipinski definition) is 20. The molecule has 4 rings (SSSR count). The van der Waals surface area contributed by atoms with Crippen LogP contribution in [-0.4, -0.2) is 221 Å². The van der Waals surface area contributed by atoms with E-state index in [2.05, 4.69) is 70.1 Å². The van der Waals surface area contributed by atoms with Crippen LogP contribution in [0.25, 0.3) is 0 Å². The first-order chi connectivity index (χ1) is 52.8. The van der Waals surface area contributed by atoms with Crippen molar-refractivity contribution in [3.63, 3.8) is 0 Å². The third-order valence-electron chi connectivity index (χ3n) is 16.0. The van der Waals surface area contributed by atoms with Gasteiger partial charge in [-0.05, 0) is 149 Å². The number of carboxylic acids is 1. The van der Waals surface area contributed by atoms with Gasteiger partial charge in [0.05, 0.1) is 80.3 Å². The monoisotopic (exact) mass is 1520 g/mol. The van der Waals surface area contributed by atoms with Gasteiger partial charge in [-0.1, -0.05) is 129 Å². The SMILES string of the molecule is CCCOCCOCC(=O)NCCCC[C@H](NC(=O)COCCOCCC)C(=O)N(C)CCCC(=O)ONC(=O)Cc1ccc(CCCCc2ccccc2)cc1.CN(CCCC(=O)ONC(=O)Cc1ccc(CCCCc2ccccc2)cc1)C(=O)[C@@H](N)CCCCN.COCCOCCOCC(=O)O.[2H]CF. The molecule has 0 saturated carbocycles. The lowest BCUT2D eigenvalue weighted by Crippen LogP contribution is -2.48. The first kappa shape index (κ1) is 95.8. The summed E-state index contributed by atoms with van der Waals surface area (Å²) in [5, 5.41) is 13.7. The summed E-state index contributed by atoms with van der Waals surface area (Å²) in [7, 11) is 3.85. The predicted molar refractivity (Wildman–Crippen MR) is 410 cm³/mol. The molecule has 606 valence electrons. The molecule has 0 radical (unpaired) electrons. The molecule has 27 nitrogen and oxygen atoms in total. The Bertz CT molecular complexity index is 3020. The van der Waals surface area contributed by atoms with Crippen LogP contribution in [0.15, 0.2) is 109 Å². The van der Waals surface area contributed by atoms with E-state index < -0.39 is 49.0 Å². The Morgan fingerprint density at radius 3 is 1.30 bits per heavy atom. The number of nitrogens with zero attached hydrogens (tertiary/aromatic N) is 2. The number of carbonyl (C=O) groups is 9. The molecule has 0 bridgehead atoms. The highest BCUT2D eigenvalue weighted by atomic mass is 19.1. The molecule has 0 unspecified atom stereocenters. The summed E-state index contributed by atoms with van der Waals surface area (Å²) < 4.78 is 51.4. The number of methoxy groups -OCH3 is 1. The van der Waals surface area contributed by atoms with E-state index in [9.17, 15) is 47.5 Å². The number of aliphatic carboxylic acids is 1. The highest BCUT2D eigenvalue weighted by Gasteiger charge is 2.25. The lowest BCUT2D eigenvalue weighted by atomic mass is 10.0. The van der Waals surface area contributed by atoms with Gasteiger partial charge in [-0.15, -0.1) is 0 Å². The fourth-order valence-electron chi connectivity index (χ4n) is 10.2. The number of alkyl halides is 1. The largest absolute Gasteiger partial charge is 0.480 e. The lowest BCUT2D eigenvalue weighted by Gasteiger charge is -2.25. The van der Waals surface area contributed by atoms with Crippen molar-refractivity contribution < 1.29 is 96.9 Å². The molecule has 6 amide bonds. The number of rotatable bonds is 56. The predicted octanol–water partition coefficient (Wildman–Crippen LogP) is 7.67. The van der Waals surface area contributed by atoms with Crippen LogP contribution in [0.4, 0.5) is 4.39 Å². The number of aryl methyl sites for hydroxylation is 4. The quantitative estimate of drug-likeness (QED) is 0.0165. The van der Waals surface area contributed by atoms with Crippen molar-refractivity contribution in [3.8, 4) is 0 Å². The summed E-state index contributed by atoms with van der Waals surface area (Å²) >= 11 is 0. The van der Waals surface area contributed by atoms with Crippen molar-refractivity contribution in [3.05, 3.63) is 143 Å². The van der Waals surface area contributed by atoms with Crippen LogP contribution >= 0.6 is 0 Å². The fourth-order valence-corrected chi connectivity index (χ4v) is 10.2. The summed E-state index contributed by atoms with van der Waals surface area (Å²) in [6, 6.07) is 35.3. The maximum atomic E-state index is 13.4. The van der Waals surface area contributed by atoms with Crippen LogP contribution < -0.4 is 33.1 Å². The Labute approximate surface area is 640 Å². The zero-order chi connectivity index (χ0) is 80.2. The molecule has 4 aromatic rings. The first-order valence-corrected chi connectivity index (χ1v) is 37.5. The number of ether oxygens (including phenoxy) is 7. The van der Waals surface area contributed by atoms with Crippen LogP contribution in [0, 0.1) is 0 Å². The summed E-state index contributed by atoms with van der Waals surface area (Å²) in [6.07, 6.45) is 15.0. The Hall–Kier alpha value is -8.32. The molecule has 0 heterocycles. The second kappa shape index (κ2) is 66.8. The first-order valence-electron chi connectivity index (χ1n) is 38.2. The minimum absolute atomic E-state index is 0.0307. The number of hydroxylamine groups is 2. The Morgan fingerprint density at radius 2 is 0.861 bits per heavy atom. The highest BCUT2D eigenvalue weighted by Crippen LogP contribution is 2.15. The molecule has 0 spiro atoms. The molecule has 0 aromatic heterocycles. The number of amides is 6. The standard InChI is InChI=1S/C43H66N4O10.C29H42N4O4.C7H14O5.CH3F/c1-4-26-53-28-30-55-33-40(49)44-24-12-11-18-38(45-41(50)34-56-31-29-54-27-5-2)43(52)47(3)25-13-19-42(51)57-46-39(48)32-37-22-20-36(21-23-37)17-10-9-16-35-14-7-6-8-15-35;1-33(29(36)26(31)14-7-8-20-30)21-9-15-28(35)37-32-27(34)22-25-18-16-24(17-19-25)13-6-5-12-23-10-3-2-4-11-23;1-10-2-3-11-4-5-12-6-7(8)9;1-2/h6-8,14-15,20-23,38H,4-5,9-13,16-19,24-34H2,1-3H3,(H,44,49)(H,45,50)(H,46,48);2-4,10-11,16-19,26H,5-9,12-15,20-22,30-31H2,1H3,(H,32,34);2-6H2,1H3,(H,8,9);1H3/t38-;26-;;/m00../s1/i;;;1D. The Kier molecular flexibility index (Phi) is 59.3. The molecule has 0 aliphatic heterocycles. The smallest absolute Gasteiger partial charge is 0.332 e. The molecule has 0 aliphatic carbocycles. The molecule has 108 heavy (non-hydrogen) atoms. The number of halogens is 1. The Morgan fingerprint density at radius 1 is 0.472 bits per heavy atom. The minimum atomic E-state index is -1.00. The van der Waals surface area contributed by atoms with Crippen LogP contribution in [0.1, 0.15) is 151 Å².